The second-order valence-electron chi connectivity index (χ2n) is 4.46. The molecule has 1 aliphatic heterocycles. The predicted octanol–water partition coefficient (Wildman–Crippen LogP) is 3.00. The van der Waals surface area contributed by atoms with E-state index in [1.807, 2.05) is 16.3 Å². The Hall–Kier alpha value is -0.620. The maximum atomic E-state index is 12.4. The molecule has 0 saturated carbocycles. The lowest BCUT2D eigenvalue weighted by Gasteiger charge is -2.32. The average molecular weight is 301 g/mol. The van der Waals surface area contributed by atoms with Crippen molar-refractivity contribution in [3.05, 3.63) is 21.3 Å². The molecule has 0 radical (unpaired) electrons. The zero-order valence-corrected chi connectivity index (χ0v) is 12.4. The zero-order valence-electron chi connectivity index (χ0n) is 9.98. The minimum Gasteiger partial charge on any atom is -0.335 e. The number of thiophene rings is 2. The summed E-state index contributed by atoms with van der Waals surface area (Å²) in [4.78, 5) is 17.3. The molecule has 0 bridgehead atoms. The molecule has 1 aliphatic rings. The number of hydrogen-bond acceptors (Lipinski definition) is 4. The highest BCUT2D eigenvalue weighted by atomic mass is 35.5. The first-order chi connectivity index (χ1) is 8.66. The van der Waals surface area contributed by atoms with Gasteiger partial charge in [0.15, 0.2) is 0 Å². The van der Waals surface area contributed by atoms with Crippen molar-refractivity contribution in [1.82, 2.24) is 9.80 Å². The van der Waals surface area contributed by atoms with Crippen LogP contribution in [0.5, 0.6) is 0 Å². The Morgan fingerprint density at radius 3 is 2.72 bits per heavy atom. The Kier molecular flexibility index (Phi) is 3.32. The van der Waals surface area contributed by atoms with E-state index in [4.69, 9.17) is 11.6 Å². The molecule has 2 aromatic heterocycles. The normalized spacial score (nSPS) is 17.6. The van der Waals surface area contributed by atoms with Gasteiger partial charge in [-0.05, 0) is 18.5 Å². The van der Waals surface area contributed by atoms with Crippen LogP contribution in [-0.4, -0.2) is 48.9 Å². The highest BCUT2D eigenvalue weighted by Gasteiger charge is 2.25. The van der Waals surface area contributed by atoms with Crippen LogP contribution in [0.3, 0.4) is 0 Å². The van der Waals surface area contributed by atoms with Crippen LogP contribution in [-0.2, 0) is 0 Å². The molecule has 0 spiro atoms. The Morgan fingerprint density at radius 1 is 1.33 bits per heavy atom. The van der Waals surface area contributed by atoms with Gasteiger partial charge in [-0.3, -0.25) is 4.79 Å². The lowest BCUT2D eigenvalue weighted by Crippen LogP contribution is -2.47. The summed E-state index contributed by atoms with van der Waals surface area (Å²) in [7, 11) is 2.08. The molecule has 0 aromatic carbocycles. The van der Waals surface area contributed by atoms with E-state index in [2.05, 4.69) is 11.9 Å². The van der Waals surface area contributed by atoms with Crippen LogP contribution in [0.4, 0.5) is 0 Å². The van der Waals surface area contributed by atoms with Gasteiger partial charge in [0.05, 0.1) is 9.04 Å². The molecule has 1 saturated heterocycles. The van der Waals surface area contributed by atoms with Crippen LogP contribution in [0.1, 0.15) is 9.67 Å². The Balaban J connectivity index is 1.87. The number of amides is 1. The molecule has 0 aliphatic carbocycles. The topological polar surface area (TPSA) is 23.6 Å². The number of hydrogen-bond donors (Lipinski definition) is 0. The lowest BCUT2D eigenvalue weighted by atomic mass is 10.3. The molecule has 1 amide bonds. The van der Waals surface area contributed by atoms with E-state index < -0.39 is 0 Å². The van der Waals surface area contributed by atoms with E-state index in [-0.39, 0.29) is 5.91 Å². The van der Waals surface area contributed by atoms with Crippen molar-refractivity contribution in [1.29, 1.82) is 0 Å². The second kappa shape index (κ2) is 4.81. The standard InChI is InChI=1S/C12H13ClN2OS2/c1-14-3-5-15(6-4-14)11(16)10-9(13)8-2-7-17-12(8)18-10/h2,7H,3-6H2,1H3. The Labute approximate surface area is 119 Å². The van der Waals surface area contributed by atoms with Crippen LogP contribution in [0, 0.1) is 0 Å². The van der Waals surface area contributed by atoms with Crippen molar-refractivity contribution in [2.45, 2.75) is 0 Å². The number of halogens is 1. The van der Waals surface area contributed by atoms with E-state index in [1.165, 1.54) is 11.3 Å². The summed E-state index contributed by atoms with van der Waals surface area (Å²) >= 11 is 9.46. The molecule has 3 rings (SSSR count). The number of rotatable bonds is 1. The molecular weight excluding hydrogens is 288 g/mol. The summed E-state index contributed by atoms with van der Waals surface area (Å²) in [5, 5.41) is 3.65. The minimum atomic E-state index is 0.0847. The number of likely N-dealkylation sites (N-methyl/N-ethyl adjacent to an activating group) is 1. The fourth-order valence-electron chi connectivity index (χ4n) is 2.09. The van der Waals surface area contributed by atoms with Crippen LogP contribution in [0.2, 0.25) is 5.02 Å². The molecule has 3 heterocycles. The third-order valence-corrected chi connectivity index (χ3v) is 5.98. The first-order valence-corrected chi connectivity index (χ1v) is 7.87. The molecule has 3 nitrogen and oxygen atoms in total. The van der Waals surface area contributed by atoms with Gasteiger partial charge < -0.3 is 9.80 Å². The molecule has 2 aromatic rings. The van der Waals surface area contributed by atoms with E-state index in [0.717, 1.165) is 35.6 Å². The Morgan fingerprint density at radius 2 is 2.06 bits per heavy atom. The van der Waals surface area contributed by atoms with Gasteiger partial charge >= 0.3 is 0 Å². The molecule has 96 valence electrons. The first kappa shape index (κ1) is 12.4. The van der Waals surface area contributed by atoms with E-state index in [1.54, 1.807) is 11.3 Å². The fraction of sp³-hybridized carbons (Fsp3) is 0.417. The fourth-order valence-corrected chi connectivity index (χ4v) is 4.67. The molecule has 1 fully saturated rings. The number of nitrogens with zero attached hydrogens (tertiary/aromatic N) is 2. The minimum absolute atomic E-state index is 0.0847. The third kappa shape index (κ3) is 2.05. The number of carbonyl (C=O) groups excluding carboxylic acids is 1. The van der Waals surface area contributed by atoms with Crippen LogP contribution < -0.4 is 0 Å². The summed E-state index contributed by atoms with van der Waals surface area (Å²) in [6.07, 6.45) is 0. The molecule has 0 unspecified atom stereocenters. The van der Waals surface area contributed by atoms with E-state index in [9.17, 15) is 4.79 Å². The second-order valence-corrected chi connectivity index (χ2v) is 7.04. The van der Waals surface area contributed by atoms with Crippen LogP contribution in [0.15, 0.2) is 11.4 Å². The molecule has 0 N–H and O–H groups in total. The van der Waals surface area contributed by atoms with Gasteiger partial charge in [0.2, 0.25) is 0 Å². The van der Waals surface area contributed by atoms with Gasteiger partial charge in [0, 0.05) is 31.6 Å². The SMILES string of the molecule is CN1CCN(C(=O)c2sc3sccc3c2Cl)CC1. The van der Waals surface area contributed by atoms with E-state index >= 15 is 0 Å². The Bertz CT molecular complexity index is 584. The molecule has 18 heavy (non-hydrogen) atoms. The van der Waals surface area contributed by atoms with Gasteiger partial charge in [0.25, 0.3) is 5.91 Å². The highest BCUT2D eigenvalue weighted by molar-refractivity contribution is 7.38. The van der Waals surface area contributed by atoms with Crippen molar-refractivity contribution in [2.75, 3.05) is 33.2 Å². The maximum absolute atomic E-state index is 12.4. The van der Waals surface area contributed by atoms with Gasteiger partial charge in [-0.15, -0.1) is 22.7 Å². The predicted molar refractivity (Wildman–Crippen MR) is 78.1 cm³/mol. The number of fused-ring (bicyclic) bond motifs is 1. The smallest absolute Gasteiger partial charge is 0.265 e. The third-order valence-electron chi connectivity index (χ3n) is 3.25. The number of piperazine rings is 1. The van der Waals surface area contributed by atoms with Gasteiger partial charge in [-0.2, -0.15) is 0 Å². The van der Waals surface area contributed by atoms with Crippen molar-refractivity contribution in [2.24, 2.45) is 0 Å². The average Bonchev–Trinajstić information content (AvgIpc) is 2.93. The summed E-state index contributed by atoms with van der Waals surface area (Å²) < 4.78 is 1.14. The zero-order chi connectivity index (χ0) is 12.7. The van der Waals surface area contributed by atoms with Crippen molar-refractivity contribution < 1.29 is 4.79 Å². The molecule has 6 heteroatoms. The summed E-state index contributed by atoms with van der Waals surface area (Å²) in [5.74, 6) is 0.0847. The van der Waals surface area contributed by atoms with Crippen LogP contribution in [0.25, 0.3) is 9.40 Å². The van der Waals surface area contributed by atoms with Gasteiger partial charge in [-0.25, -0.2) is 0 Å². The van der Waals surface area contributed by atoms with Crippen LogP contribution >= 0.6 is 34.3 Å². The van der Waals surface area contributed by atoms with Crippen molar-refractivity contribution in [3.8, 4) is 0 Å². The number of carbonyl (C=O) groups is 1. The van der Waals surface area contributed by atoms with E-state index in [0.29, 0.717) is 9.90 Å². The summed E-state index contributed by atoms with van der Waals surface area (Å²) in [6.45, 7) is 3.45. The lowest BCUT2D eigenvalue weighted by molar-refractivity contribution is 0.0669. The van der Waals surface area contributed by atoms with Crippen molar-refractivity contribution in [3.63, 3.8) is 0 Å². The van der Waals surface area contributed by atoms with Gasteiger partial charge in [0.1, 0.15) is 4.88 Å². The molecule has 0 atom stereocenters. The highest BCUT2D eigenvalue weighted by Crippen LogP contribution is 2.39. The molecular formula is C12H13ClN2OS2. The monoisotopic (exact) mass is 300 g/mol. The summed E-state index contributed by atoms with van der Waals surface area (Å²) in [5.41, 5.74) is 0. The summed E-state index contributed by atoms with van der Waals surface area (Å²) in [6, 6.07) is 1.99. The quantitative estimate of drug-likeness (QED) is 0.808. The maximum Gasteiger partial charge on any atom is 0.265 e. The van der Waals surface area contributed by atoms with Crippen molar-refractivity contribution >= 4 is 49.6 Å². The van der Waals surface area contributed by atoms with Gasteiger partial charge in [-0.1, -0.05) is 11.6 Å². The first-order valence-electron chi connectivity index (χ1n) is 5.80. The largest absolute Gasteiger partial charge is 0.335 e.